The van der Waals surface area contributed by atoms with Crippen LogP contribution in [0.2, 0.25) is 5.02 Å². The van der Waals surface area contributed by atoms with E-state index in [2.05, 4.69) is 0 Å². The van der Waals surface area contributed by atoms with Gasteiger partial charge in [0.2, 0.25) is 0 Å². The number of hydrogen-bond donors (Lipinski definition) is 0. The van der Waals surface area contributed by atoms with Crippen LogP contribution in [0.25, 0.3) is 6.08 Å². The number of thiocarbonyl (C=S) groups is 1. The van der Waals surface area contributed by atoms with E-state index < -0.39 is 5.82 Å². The number of carbonyl (C=O) groups is 1. The molecule has 0 radical (unpaired) electrons. The Labute approximate surface area is 141 Å². The van der Waals surface area contributed by atoms with Crippen molar-refractivity contribution in [3.63, 3.8) is 0 Å². The van der Waals surface area contributed by atoms with E-state index in [-0.39, 0.29) is 16.5 Å². The van der Waals surface area contributed by atoms with Crippen molar-refractivity contribution in [2.24, 2.45) is 0 Å². The molecule has 1 saturated heterocycles. The van der Waals surface area contributed by atoms with E-state index in [0.29, 0.717) is 14.9 Å². The Morgan fingerprint density at radius 1 is 1.14 bits per heavy atom. The van der Waals surface area contributed by atoms with Crippen LogP contribution < -0.4 is 4.90 Å². The predicted octanol–water partition coefficient (Wildman–Crippen LogP) is 4.88. The minimum Gasteiger partial charge on any atom is -0.268 e. The number of halogens is 2. The molecule has 6 heteroatoms. The number of para-hydroxylation sites is 1. The van der Waals surface area contributed by atoms with Crippen molar-refractivity contribution in [1.82, 2.24) is 0 Å². The van der Waals surface area contributed by atoms with Crippen LogP contribution >= 0.6 is 35.6 Å². The van der Waals surface area contributed by atoms with Crippen molar-refractivity contribution < 1.29 is 9.18 Å². The van der Waals surface area contributed by atoms with Crippen LogP contribution in [0.3, 0.4) is 0 Å². The minimum absolute atomic E-state index is 0.192. The molecule has 0 atom stereocenters. The average molecular weight is 350 g/mol. The monoisotopic (exact) mass is 349 g/mol. The number of benzene rings is 2. The molecule has 1 fully saturated rings. The maximum Gasteiger partial charge on any atom is 0.270 e. The summed E-state index contributed by atoms with van der Waals surface area (Å²) in [6, 6.07) is 13.5. The fourth-order valence-corrected chi connectivity index (χ4v) is 3.55. The number of carbonyl (C=O) groups excluding carboxylic acids is 1. The van der Waals surface area contributed by atoms with Crippen molar-refractivity contribution in [2.45, 2.75) is 0 Å². The van der Waals surface area contributed by atoms with Crippen LogP contribution in [0.4, 0.5) is 10.1 Å². The van der Waals surface area contributed by atoms with Gasteiger partial charge in [-0.2, -0.15) is 0 Å². The van der Waals surface area contributed by atoms with Crippen molar-refractivity contribution in [2.75, 3.05) is 4.90 Å². The number of rotatable bonds is 2. The first-order chi connectivity index (χ1) is 10.6. The van der Waals surface area contributed by atoms with Gasteiger partial charge in [0.1, 0.15) is 5.82 Å². The van der Waals surface area contributed by atoms with E-state index in [1.54, 1.807) is 18.2 Å². The Hall–Kier alpha value is -1.69. The van der Waals surface area contributed by atoms with Gasteiger partial charge in [0.25, 0.3) is 5.91 Å². The maximum atomic E-state index is 13.9. The summed E-state index contributed by atoms with van der Waals surface area (Å²) in [5, 5.41) is 0.255. The Balaban J connectivity index is 2.00. The second-order valence-electron chi connectivity index (χ2n) is 4.49. The number of nitrogens with zero attached hydrogens (tertiary/aromatic N) is 1. The smallest absolute Gasteiger partial charge is 0.268 e. The Morgan fingerprint density at radius 3 is 2.55 bits per heavy atom. The van der Waals surface area contributed by atoms with Gasteiger partial charge in [-0.1, -0.05) is 59.8 Å². The molecule has 2 aromatic carbocycles. The maximum absolute atomic E-state index is 13.9. The molecule has 0 aliphatic carbocycles. The molecule has 22 heavy (non-hydrogen) atoms. The molecule has 1 amide bonds. The molecule has 0 aromatic heterocycles. The topological polar surface area (TPSA) is 20.3 Å². The lowest BCUT2D eigenvalue weighted by molar-refractivity contribution is -0.113. The molecular formula is C16H9ClFNOS2. The molecular weight excluding hydrogens is 341 g/mol. The van der Waals surface area contributed by atoms with Crippen LogP contribution in [0.1, 0.15) is 5.56 Å². The van der Waals surface area contributed by atoms with E-state index in [1.807, 2.05) is 18.2 Å². The van der Waals surface area contributed by atoms with Crippen molar-refractivity contribution in [3.05, 3.63) is 69.8 Å². The molecule has 110 valence electrons. The Morgan fingerprint density at radius 2 is 1.86 bits per heavy atom. The van der Waals surface area contributed by atoms with Gasteiger partial charge in [0, 0.05) is 5.56 Å². The third-order valence-corrected chi connectivity index (χ3v) is 4.71. The Kier molecular flexibility index (Phi) is 4.29. The zero-order valence-electron chi connectivity index (χ0n) is 11.1. The molecule has 2 nitrogen and oxygen atoms in total. The normalized spacial score (nSPS) is 16.6. The lowest BCUT2D eigenvalue weighted by Gasteiger charge is -2.13. The predicted molar refractivity (Wildman–Crippen MR) is 93.5 cm³/mol. The minimum atomic E-state index is -0.475. The summed E-state index contributed by atoms with van der Waals surface area (Å²) >= 11 is 12.4. The highest BCUT2D eigenvalue weighted by molar-refractivity contribution is 8.27. The van der Waals surface area contributed by atoms with Gasteiger partial charge in [-0.3, -0.25) is 9.69 Å². The van der Waals surface area contributed by atoms with Crippen LogP contribution in [0.15, 0.2) is 53.4 Å². The van der Waals surface area contributed by atoms with Gasteiger partial charge in [-0.25, -0.2) is 4.39 Å². The van der Waals surface area contributed by atoms with Crippen molar-refractivity contribution in [3.8, 4) is 0 Å². The van der Waals surface area contributed by atoms with Crippen LogP contribution in [-0.2, 0) is 4.79 Å². The number of anilines is 1. The summed E-state index contributed by atoms with van der Waals surface area (Å²) in [6.07, 6.45) is 1.44. The third kappa shape index (κ3) is 2.79. The first-order valence-electron chi connectivity index (χ1n) is 6.35. The van der Waals surface area contributed by atoms with E-state index in [4.69, 9.17) is 23.8 Å². The molecule has 0 unspecified atom stereocenters. The van der Waals surface area contributed by atoms with Gasteiger partial charge in [-0.05, 0) is 30.3 Å². The average Bonchev–Trinajstić information content (AvgIpc) is 2.78. The largest absolute Gasteiger partial charge is 0.270 e. The fourth-order valence-electron chi connectivity index (χ4n) is 2.05. The summed E-state index contributed by atoms with van der Waals surface area (Å²) in [4.78, 5) is 14.3. The first kappa shape index (κ1) is 15.2. The number of amides is 1. The summed E-state index contributed by atoms with van der Waals surface area (Å²) in [5.74, 6) is -0.752. The second-order valence-corrected chi connectivity index (χ2v) is 6.57. The molecule has 2 aromatic rings. The van der Waals surface area contributed by atoms with E-state index >= 15 is 0 Å². The SMILES string of the molecule is O=C1/C(=C/c2c(F)cccc2Cl)SC(=S)N1c1ccccc1. The van der Waals surface area contributed by atoms with Gasteiger partial charge in [-0.15, -0.1) is 0 Å². The van der Waals surface area contributed by atoms with E-state index in [0.717, 1.165) is 11.8 Å². The van der Waals surface area contributed by atoms with Crippen LogP contribution in [-0.4, -0.2) is 10.2 Å². The standard InChI is InChI=1S/C16H9ClFNOS2/c17-12-7-4-8-13(18)11(12)9-14-15(20)19(16(21)22-14)10-5-2-1-3-6-10/h1-9H/b14-9-. The zero-order chi connectivity index (χ0) is 15.7. The zero-order valence-corrected chi connectivity index (χ0v) is 13.5. The summed E-state index contributed by atoms with van der Waals surface area (Å²) in [7, 11) is 0. The number of hydrogen-bond acceptors (Lipinski definition) is 3. The fraction of sp³-hybridized carbons (Fsp3) is 0. The summed E-state index contributed by atoms with van der Waals surface area (Å²) < 4.78 is 14.3. The molecule has 1 aliphatic heterocycles. The number of thioether (sulfide) groups is 1. The van der Waals surface area contributed by atoms with Gasteiger partial charge in [0.05, 0.1) is 15.6 Å². The molecule has 0 bridgehead atoms. The molecule has 1 heterocycles. The highest BCUT2D eigenvalue weighted by atomic mass is 35.5. The van der Waals surface area contributed by atoms with Crippen molar-refractivity contribution in [1.29, 1.82) is 0 Å². The van der Waals surface area contributed by atoms with Gasteiger partial charge >= 0.3 is 0 Å². The summed E-state index contributed by atoms with van der Waals surface area (Å²) in [5.41, 5.74) is 0.880. The quantitative estimate of drug-likeness (QED) is 0.569. The van der Waals surface area contributed by atoms with Crippen LogP contribution in [0.5, 0.6) is 0 Å². The van der Waals surface area contributed by atoms with E-state index in [1.165, 1.54) is 23.1 Å². The third-order valence-electron chi connectivity index (χ3n) is 3.08. The van der Waals surface area contributed by atoms with Crippen molar-refractivity contribution >= 4 is 57.6 Å². The lowest BCUT2D eigenvalue weighted by Crippen LogP contribution is -2.27. The summed E-state index contributed by atoms with van der Waals surface area (Å²) in [6.45, 7) is 0. The first-order valence-corrected chi connectivity index (χ1v) is 7.95. The molecule has 0 saturated carbocycles. The van der Waals surface area contributed by atoms with Crippen LogP contribution in [0, 0.1) is 5.82 Å². The molecule has 3 rings (SSSR count). The lowest BCUT2D eigenvalue weighted by atomic mass is 10.2. The molecule has 1 aliphatic rings. The highest BCUT2D eigenvalue weighted by Crippen LogP contribution is 2.37. The molecule has 0 N–H and O–H groups in total. The Bertz CT molecular complexity index is 772. The molecule has 0 spiro atoms. The van der Waals surface area contributed by atoms with E-state index in [9.17, 15) is 9.18 Å². The van der Waals surface area contributed by atoms with Gasteiger partial charge < -0.3 is 0 Å². The highest BCUT2D eigenvalue weighted by Gasteiger charge is 2.33. The second kappa shape index (κ2) is 6.20. The van der Waals surface area contributed by atoms with Gasteiger partial charge in [0.15, 0.2) is 4.32 Å².